The molecule has 3 aromatic rings. The van der Waals surface area contributed by atoms with Crippen LogP contribution in [0, 0.1) is 13.8 Å². The highest BCUT2D eigenvalue weighted by molar-refractivity contribution is 6.39. The molecule has 7 heteroatoms. The summed E-state index contributed by atoms with van der Waals surface area (Å²) in [7, 11) is 1.61. The number of barbiturate groups is 1. The van der Waals surface area contributed by atoms with Gasteiger partial charge < -0.3 is 9.30 Å². The van der Waals surface area contributed by atoms with Gasteiger partial charge in [-0.25, -0.2) is 9.69 Å². The van der Waals surface area contributed by atoms with E-state index in [9.17, 15) is 14.4 Å². The number of anilines is 1. The first-order valence-electron chi connectivity index (χ1n) is 10.7. The Balaban J connectivity index is 1.72. The maximum absolute atomic E-state index is 13.2. The number of aryl methyl sites for hydroxylation is 2. The molecule has 0 unspecified atom stereocenters. The van der Waals surface area contributed by atoms with E-state index >= 15 is 0 Å². The van der Waals surface area contributed by atoms with E-state index in [1.54, 1.807) is 25.3 Å². The number of urea groups is 1. The van der Waals surface area contributed by atoms with Gasteiger partial charge in [0.25, 0.3) is 11.8 Å². The minimum absolute atomic E-state index is 0.0934. The fourth-order valence-corrected chi connectivity index (χ4v) is 3.99. The van der Waals surface area contributed by atoms with Crippen molar-refractivity contribution in [2.75, 3.05) is 12.0 Å². The maximum atomic E-state index is 13.2. The number of amides is 4. The lowest BCUT2D eigenvalue weighted by molar-refractivity contribution is -0.122. The van der Waals surface area contributed by atoms with E-state index in [1.165, 1.54) is 0 Å². The second-order valence-corrected chi connectivity index (χ2v) is 7.84. The number of rotatable bonds is 5. The van der Waals surface area contributed by atoms with Crippen LogP contribution in [0.4, 0.5) is 10.5 Å². The van der Waals surface area contributed by atoms with Gasteiger partial charge in [0.05, 0.1) is 12.8 Å². The van der Waals surface area contributed by atoms with Crippen LogP contribution in [0.2, 0.25) is 0 Å². The number of ether oxygens (including phenoxy) is 1. The summed E-state index contributed by atoms with van der Waals surface area (Å²) in [6.45, 7) is 5.89. The van der Waals surface area contributed by atoms with Gasteiger partial charge in [0.1, 0.15) is 11.3 Å². The van der Waals surface area contributed by atoms with Crippen LogP contribution in [0.25, 0.3) is 11.8 Å². The van der Waals surface area contributed by atoms with E-state index in [0.29, 0.717) is 5.69 Å². The average molecular weight is 444 g/mol. The fraction of sp³-hybridized carbons (Fsp3) is 0.192. The van der Waals surface area contributed by atoms with E-state index in [4.69, 9.17) is 4.74 Å². The number of imide groups is 2. The molecular formula is C26H25N3O4. The topological polar surface area (TPSA) is 80.6 Å². The van der Waals surface area contributed by atoms with Gasteiger partial charge in [-0.2, -0.15) is 0 Å². The van der Waals surface area contributed by atoms with Crippen molar-refractivity contribution >= 4 is 29.6 Å². The maximum Gasteiger partial charge on any atom is 0.335 e. The fourth-order valence-electron chi connectivity index (χ4n) is 3.99. The van der Waals surface area contributed by atoms with E-state index in [1.807, 2.05) is 67.8 Å². The summed E-state index contributed by atoms with van der Waals surface area (Å²) in [5.41, 5.74) is 4.86. The van der Waals surface area contributed by atoms with Crippen molar-refractivity contribution in [3.63, 3.8) is 0 Å². The molecule has 33 heavy (non-hydrogen) atoms. The smallest absolute Gasteiger partial charge is 0.335 e. The molecule has 1 aromatic heterocycles. The predicted molar refractivity (Wildman–Crippen MR) is 127 cm³/mol. The lowest BCUT2D eigenvalue weighted by Crippen LogP contribution is -2.54. The van der Waals surface area contributed by atoms with Gasteiger partial charge in [-0.15, -0.1) is 0 Å². The number of carbonyl (C=O) groups is 3. The number of hydrogen-bond acceptors (Lipinski definition) is 4. The third-order valence-electron chi connectivity index (χ3n) is 5.81. The molecule has 2 aromatic carbocycles. The number of aromatic nitrogens is 1. The second kappa shape index (κ2) is 8.78. The van der Waals surface area contributed by atoms with E-state index in [0.717, 1.165) is 45.3 Å². The number of nitrogens with zero attached hydrogens (tertiary/aromatic N) is 2. The van der Waals surface area contributed by atoms with E-state index in [2.05, 4.69) is 5.32 Å². The van der Waals surface area contributed by atoms with Crippen LogP contribution in [-0.2, 0) is 16.0 Å². The molecule has 1 N–H and O–H groups in total. The van der Waals surface area contributed by atoms with Gasteiger partial charge in [0, 0.05) is 17.1 Å². The van der Waals surface area contributed by atoms with Crippen molar-refractivity contribution in [2.24, 2.45) is 0 Å². The largest absolute Gasteiger partial charge is 0.497 e. The standard InChI is InChI=1S/C26H25N3O4/c1-5-18-6-8-21(9-7-18)29-25(31)23(24(30)27-26(29)32)15-19-14-16(2)28(17(19)3)20-10-12-22(33-4)13-11-20/h6-15H,5H2,1-4H3,(H,27,30,32). The van der Waals surface area contributed by atoms with Crippen molar-refractivity contribution in [3.8, 4) is 11.4 Å². The molecule has 0 bridgehead atoms. The molecule has 0 radical (unpaired) electrons. The molecule has 1 aliphatic heterocycles. The van der Waals surface area contributed by atoms with Gasteiger partial charge in [0.2, 0.25) is 0 Å². The number of nitrogens with one attached hydrogen (secondary N) is 1. The quantitative estimate of drug-likeness (QED) is 0.470. The van der Waals surface area contributed by atoms with Crippen molar-refractivity contribution in [3.05, 3.63) is 82.7 Å². The molecule has 1 saturated heterocycles. The van der Waals surface area contributed by atoms with Crippen molar-refractivity contribution in [1.29, 1.82) is 0 Å². The lowest BCUT2D eigenvalue weighted by atomic mass is 10.1. The van der Waals surface area contributed by atoms with Gasteiger partial charge in [-0.1, -0.05) is 19.1 Å². The minimum atomic E-state index is -0.755. The van der Waals surface area contributed by atoms with Crippen molar-refractivity contribution in [1.82, 2.24) is 9.88 Å². The Morgan fingerprint density at radius 3 is 2.18 bits per heavy atom. The first-order chi connectivity index (χ1) is 15.8. The van der Waals surface area contributed by atoms with Gasteiger partial charge >= 0.3 is 6.03 Å². The van der Waals surface area contributed by atoms with E-state index in [-0.39, 0.29) is 5.57 Å². The van der Waals surface area contributed by atoms with Crippen LogP contribution < -0.4 is 15.0 Å². The van der Waals surface area contributed by atoms with Gasteiger partial charge in [0.15, 0.2) is 0 Å². The zero-order valence-electron chi connectivity index (χ0n) is 19.0. The summed E-state index contributed by atoms with van der Waals surface area (Å²) in [5, 5.41) is 2.28. The van der Waals surface area contributed by atoms with Crippen molar-refractivity contribution < 1.29 is 19.1 Å². The second-order valence-electron chi connectivity index (χ2n) is 7.84. The first kappa shape index (κ1) is 22.1. The summed E-state index contributed by atoms with van der Waals surface area (Å²) in [6.07, 6.45) is 2.38. The summed E-state index contributed by atoms with van der Waals surface area (Å²) in [6, 6.07) is 15.9. The molecule has 7 nitrogen and oxygen atoms in total. The normalized spacial score (nSPS) is 15.2. The zero-order valence-corrected chi connectivity index (χ0v) is 19.0. The summed E-state index contributed by atoms with van der Waals surface area (Å²) >= 11 is 0. The van der Waals surface area contributed by atoms with Crippen LogP contribution in [0.3, 0.4) is 0 Å². The highest BCUT2D eigenvalue weighted by atomic mass is 16.5. The molecule has 4 rings (SSSR count). The Kier molecular flexibility index (Phi) is 5.87. The minimum Gasteiger partial charge on any atom is -0.497 e. The molecule has 0 spiro atoms. The Labute approximate surface area is 192 Å². The Morgan fingerprint density at radius 1 is 0.939 bits per heavy atom. The molecular weight excluding hydrogens is 418 g/mol. The summed E-state index contributed by atoms with van der Waals surface area (Å²) in [4.78, 5) is 39.2. The molecule has 0 atom stereocenters. The zero-order chi connectivity index (χ0) is 23.7. The number of carbonyl (C=O) groups excluding carboxylic acids is 3. The Morgan fingerprint density at radius 2 is 1.58 bits per heavy atom. The third kappa shape index (κ3) is 4.05. The number of hydrogen-bond donors (Lipinski definition) is 1. The SMILES string of the molecule is CCc1ccc(N2C(=O)NC(=O)C(=Cc3cc(C)n(-c4ccc(OC)cc4)c3C)C2=O)cc1. The van der Waals surface area contributed by atoms with Crippen molar-refractivity contribution in [2.45, 2.75) is 27.2 Å². The molecule has 4 amide bonds. The number of methoxy groups -OCH3 is 1. The molecule has 2 heterocycles. The summed E-state index contributed by atoms with van der Waals surface area (Å²) < 4.78 is 7.26. The first-order valence-corrected chi connectivity index (χ1v) is 10.7. The van der Waals surface area contributed by atoms with Crippen LogP contribution in [0.15, 0.2) is 60.2 Å². The Hall–Kier alpha value is -4.13. The molecule has 1 fully saturated rings. The van der Waals surface area contributed by atoms with Gasteiger partial charge in [-0.05, 0) is 79.9 Å². The third-order valence-corrected chi connectivity index (χ3v) is 5.81. The summed E-state index contributed by atoms with van der Waals surface area (Å²) in [5.74, 6) is -0.604. The highest BCUT2D eigenvalue weighted by Crippen LogP contribution is 2.27. The average Bonchev–Trinajstić information content (AvgIpc) is 3.09. The Bertz CT molecular complexity index is 1270. The highest BCUT2D eigenvalue weighted by Gasteiger charge is 2.37. The van der Waals surface area contributed by atoms with Crippen LogP contribution in [0.1, 0.15) is 29.4 Å². The molecule has 0 aliphatic carbocycles. The predicted octanol–water partition coefficient (Wildman–Crippen LogP) is 4.33. The van der Waals surface area contributed by atoms with Gasteiger partial charge in [-0.3, -0.25) is 14.9 Å². The molecule has 1 aliphatic rings. The van der Waals surface area contributed by atoms with E-state index < -0.39 is 17.8 Å². The van der Waals surface area contributed by atoms with Crippen LogP contribution in [0.5, 0.6) is 5.75 Å². The monoisotopic (exact) mass is 443 g/mol. The van der Waals surface area contributed by atoms with Crippen LogP contribution in [-0.4, -0.2) is 29.5 Å². The molecule has 168 valence electrons. The van der Waals surface area contributed by atoms with Crippen LogP contribution >= 0.6 is 0 Å². The lowest BCUT2D eigenvalue weighted by Gasteiger charge is -2.26. The number of benzene rings is 2. The molecule has 0 saturated carbocycles.